The van der Waals surface area contributed by atoms with Crippen molar-refractivity contribution in [1.29, 1.82) is 0 Å². The van der Waals surface area contributed by atoms with Crippen LogP contribution in [-0.4, -0.2) is 56.9 Å². The summed E-state index contributed by atoms with van der Waals surface area (Å²) in [6.07, 6.45) is -2.63. The summed E-state index contributed by atoms with van der Waals surface area (Å²) < 4.78 is 25.1. The van der Waals surface area contributed by atoms with Crippen LogP contribution in [0, 0.1) is 6.92 Å². The van der Waals surface area contributed by atoms with Gasteiger partial charge in [-0.05, 0) is 56.3 Å². The monoisotopic (exact) mass is 635 g/mol. The Kier molecular flexibility index (Phi) is 8.51. The summed E-state index contributed by atoms with van der Waals surface area (Å²) in [7, 11) is 0. The lowest BCUT2D eigenvalue weighted by molar-refractivity contribution is -0.111. The third kappa shape index (κ3) is 6.31. The number of rotatable bonds is 8. The minimum atomic E-state index is -1.88. The maximum Gasteiger partial charge on any atom is 0.351 e. The van der Waals surface area contributed by atoms with E-state index in [-0.39, 0.29) is 22.3 Å². The van der Waals surface area contributed by atoms with E-state index in [1.807, 2.05) is 0 Å². The van der Waals surface area contributed by atoms with Crippen molar-refractivity contribution in [2.75, 3.05) is 6.61 Å². The molecule has 1 aliphatic rings. The first-order chi connectivity index (χ1) is 22.6. The molecule has 12 heteroatoms. The van der Waals surface area contributed by atoms with Crippen LogP contribution in [0.3, 0.4) is 0 Å². The first-order valence-electron chi connectivity index (χ1n) is 14.7. The van der Waals surface area contributed by atoms with Crippen molar-refractivity contribution >= 4 is 28.9 Å². The Labute approximate surface area is 267 Å². The molecule has 238 valence electrons. The number of esters is 3. The number of aromatic nitrogens is 3. The normalized spacial score (nSPS) is 20.4. The molecule has 1 unspecified atom stereocenters. The molecule has 6 rings (SSSR count). The third-order valence-corrected chi connectivity index (χ3v) is 7.85. The van der Waals surface area contributed by atoms with Crippen molar-refractivity contribution in [2.45, 2.75) is 37.9 Å². The SMILES string of the molecule is Cc1cc2cn([C@@H]3O[C@H](COC(=O)c4ccccc4)C(OC(=O)c4ccccc4)[C@@]3(C)OC(=O)c3ccccc3)c(=O)nc2[nH]c1=O. The zero-order chi connectivity index (χ0) is 33.1. The standard InChI is InChI=1S/C35H29N3O9/c1-21-18-25-19-38(34(43)37-28(25)36-29(21)39)33-35(2,47-32(42)24-16-10-5-11-17-24)27(46-31(41)23-14-8-4-9-15-23)26(45-33)20-44-30(40)22-12-6-3-7-13-22/h3-19,26-27,33H,20H2,1-2H3,(H,36,37,39,43)/t26-,27?,33-,35-/m1/s1. The molecule has 1 saturated heterocycles. The van der Waals surface area contributed by atoms with Gasteiger partial charge in [0.1, 0.15) is 18.4 Å². The van der Waals surface area contributed by atoms with Gasteiger partial charge in [0, 0.05) is 17.1 Å². The number of hydrogen-bond acceptors (Lipinski definition) is 10. The lowest BCUT2D eigenvalue weighted by atomic mass is 9.95. The van der Waals surface area contributed by atoms with Crippen LogP contribution in [0.15, 0.2) is 113 Å². The number of hydrogen-bond donors (Lipinski definition) is 1. The maximum absolute atomic E-state index is 13.6. The molecular weight excluding hydrogens is 606 g/mol. The molecular formula is C35H29N3O9. The van der Waals surface area contributed by atoms with Gasteiger partial charge in [-0.25, -0.2) is 19.2 Å². The number of carbonyl (C=O) groups is 3. The number of pyridine rings is 1. The predicted molar refractivity (Wildman–Crippen MR) is 168 cm³/mol. The van der Waals surface area contributed by atoms with Crippen LogP contribution in [0.4, 0.5) is 0 Å². The van der Waals surface area contributed by atoms with E-state index in [0.717, 1.165) is 4.57 Å². The van der Waals surface area contributed by atoms with Crippen LogP contribution in [0.1, 0.15) is 49.8 Å². The van der Waals surface area contributed by atoms with Gasteiger partial charge in [-0.3, -0.25) is 9.36 Å². The molecule has 1 fully saturated rings. The van der Waals surface area contributed by atoms with Crippen LogP contribution in [0.5, 0.6) is 0 Å². The number of aromatic amines is 1. The second-order valence-corrected chi connectivity index (χ2v) is 11.1. The number of aryl methyl sites for hydroxylation is 1. The number of nitrogens with zero attached hydrogens (tertiary/aromatic N) is 2. The lowest BCUT2D eigenvalue weighted by Gasteiger charge is -2.34. The highest BCUT2D eigenvalue weighted by Crippen LogP contribution is 2.43. The summed E-state index contributed by atoms with van der Waals surface area (Å²) in [5, 5.41) is 0.388. The highest BCUT2D eigenvalue weighted by Gasteiger charge is 2.60. The Balaban J connectivity index is 1.45. The Hall–Kier alpha value is -5.88. The number of benzene rings is 3. The number of fused-ring (bicyclic) bond motifs is 1. The Morgan fingerprint density at radius 2 is 1.40 bits per heavy atom. The van der Waals surface area contributed by atoms with Gasteiger partial charge in [-0.2, -0.15) is 4.98 Å². The molecule has 47 heavy (non-hydrogen) atoms. The van der Waals surface area contributed by atoms with Crippen LogP contribution in [0.2, 0.25) is 0 Å². The van der Waals surface area contributed by atoms with E-state index in [1.54, 1.807) is 104 Å². The van der Waals surface area contributed by atoms with E-state index in [9.17, 15) is 24.0 Å². The zero-order valence-electron chi connectivity index (χ0n) is 25.3. The fourth-order valence-electron chi connectivity index (χ4n) is 5.42. The number of carbonyl (C=O) groups excluding carboxylic acids is 3. The van der Waals surface area contributed by atoms with Gasteiger partial charge < -0.3 is 23.9 Å². The molecule has 0 spiro atoms. The summed E-state index contributed by atoms with van der Waals surface area (Å²) in [5.41, 5.74) is -2.05. The molecule has 4 atom stereocenters. The van der Waals surface area contributed by atoms with E-state index in [1.165, 1.54) is 13.1 Å². The summed E-state index contributed by atoms with van der Waals surface area (Å²) in [5.74, 6) is -2.22. The van der Waals surface area contributed by atoms with Crippen LogP contribution >= 0.6 is 0 Å². The van der Waals surface area contributed by atoms with E-state index >= 15 is 0 Å². The summed E-state index contributed by atoms with van der Waals surface area (Å²) in [6.45, 7) is 2.63. The number of nitrogens with one attached hydrogen (secondary N) is 1. The van der Waals surface area contributed by atoms with Gasteiger partial charge in [0.15, 0.2) is 17.9 Å². The van der Waals surface area contributed by atoms with Gasteiger partial charge in [0.05, 0.1) is 16.7 Å². The Bertz CT molecular complexity index is 2060. The molecule has 3 aromatic carbocycles. The van der Waals surface area contributed by atoms with Crippen molar-refractivity contribution in [3.8, 4) is 0 Å². The van der Waals surface area contributed by atoms with Crippen molar-refractivity contribution in [1.82, 2.24) is 14.5 Å². The van der Waals surface area contributed by atoms with Crippen LogP contribution in [0.25, 0.3) is 11.0 Å². The molecule has 12 nitrogen and oxygen atoms in total. The fraction of sp³-hybridized carbons (Fsp3) is 0.200. The van der Waals surface area contributed by atoms with Crippen molar-refractivity contribution in [3.05, 3.63) is 146 Å². The van der Waals surface area contributed by atoms with Gasteiger partial charge in [-0.1, -0.05) is 54.6 Å². The lowest BCUT2D eigenvalue weighted by Crippen LogP contribution is -2.51. The average molecular weight is 636 g/mol. The van der Waals surface area contributed by atoms with Crippen molar-refractivity contribution < 1.29 is 33.3 Å². The zero-order valence-corrected chi connectivity index (χ0v) is 25.3. The topological polar surface area (TPSA) is 156 Å². The van der Waals surface area contributed by atoms with E-state index in [4.69, 9.17) is 18.9 Å². The van der Waals surface area contributed by atoms with Crippen LogP contribution < -0.4 is 11.2 Å². The molecule has 0 aliphatic carbocycles. The van der Waals surface area contributed by atoms with E-state index in [0.29, 0.717) is 10.9 Å². The van der Waals surface area contributed by atoms with Crippen LogP contribution in [-0.2, 0) is 18.9 Å². The van der Waals surface area contributed by atoms with Crippen molar-refractivity contribution in [2.24, 2.45) is 0 Å². The molecule has 5 aromatic rings. The number of ether oxygens (including phenoxy) is 4. The quantitative estimate of drug-likeness (QED) is 0.195. The molecule has 1 aliphatic heterocycles. The molecule has 0 radical (unpaired) electrons. The molecule has 2 aromatic heterocycles. The first kappa shape index (κ1) is 31.1. The minimum Gasteiger partial charge on any atom is -0.459 e. The highest BCUT2D eigenvalue weighted by atomic mass is 16.7. The largest absolute Gasteiger partial charge is 0.459 e. The van der Waals surface area contributed by atoms with Gasteiger partial charge in [0.25, 0.3) is 5.56 Å². The van der Waals surface area contributed by atoms with Gasteiger partial charge >= 0.3 is 23.6 Å². The summed E-state index contributed by atoms with van der Waals surface area (Å²) in [6, 6.07) is 26.1. The Morgan fingerprint density at radius 3 is 2.00 bits per heavy atom. The Morgan fingerprint density at radius 1 is 0.851 bits per heavy atom. The second-order valence-electron chi connectivity index (χ2n) is 11.1. The fourth-order valence-corrected chi connectivity index (χ4v) is 5.42. The summed E-state index contributed by atoms with van der Waals surface area (Å²) in [4.78, 5) is 72.3. The van der Waals surface area contributed by atoms with Crippen molar-refractivity contribution in [3.63, 3.8) is 0 Å². The van der Waals surface area contributed by atoms with Gasteiger partial charge in [0.2, 0.25) is 0 Å². The molecule has 0 amide bonds. The van der Waals surface area contributed by atoms with Gasteiger partial charge in [-0.15, -0.1) is 0 Å². The molecule has 1 N–H and O–H groups in total. The maximum atomic E-state index is 13.6. The molecule has 0 saturated carbocycles. The average Bonchev–Trinajstić information content (AvgIpc) is 3.35. The predicted octanol–water partition coefficient (Wildman–Crippen LogP) is 3.99. The summed E-state index contributed by atoms with van der Waals surface area (Å²) >= 11 is 0. The number of H-pyrrole nitrogens is 1. The third-order valence-electron chi connectivity index (χ3n) is 7.85. The van der Waals surface area contributed by atoms with E-state index in [2.05, 4.69) is 9.97 Å². The minimum absolute atomic E-state index is 0.0447. The molecule has 0 bridgehead atoms. The molecule has 3 heterocycles. The second kappa shape index (κ2) is 12.9. The smallest absolute Gasteiger partial charge is 0.351 e. The van der Waals surface area contributed by atoms with E-state index < -0.39 is 59.8 Å². The highest BCUT2D eigenvalue weighted by molar-refractivity contribution is 5.91. The first-order valence-corrected chi connectivity index (χ1v) is 14.7.